The smallest absolute Gasteiger partial charge is 0.311 e. The molecule has 170 valence electrons. The van der Waals surface area contributed by atoms with Crippen LogP contribution in [0.15, 0.2) is 18.2 Å². The van der Waals surface area contributed by atoms with Crippen molar-refractivity contribution in [1.29, 1.82) is 0 Å². The van der Waals surface area contributed by atoms with E-state index in [0.29, 0.717) is 37.0 Å². The van der Waals surface area contributed by atoms with Gasteiger partial charge in [-0.25, -0.2) is 0 Å². The summed E-state index contributed by atoms with van der Waals surface area (Å²) in [6.07, 6.45) is 7.93. The van der Waals surface area contributed by atoms with Gasteiger partial charge in [0.1, 0.15) is 5.75 Å². The Balaban J connectivity index is 2.76. The van der Waals surface area contributed by atoms with Crippen molar-refractivity contribution >= 4 is 11.9 Å². The van der Waals surface area contributed by atoms with Crippen molar-refractivity contribution in [2.45, 2.75) is 92.4 Å². The largest absolute Gasteiger partial charge is 0.493 e. The van der Waals surface area contributed by atoms with Gasteiger partial charge in [-0.2, -0.15) is 0 Å². The molecule has 1 rings (SSSR count). The van der Waals surface area contributed by atoms with Crippen LogP contribution in [0.3, 0.4) is 0 Å². The number of hydrogen-bond donors (Lipinski definition) is 0. The molecule has 0 N–H and O–H groups in total. The molecule has 5 heteroatoms. The molecule has 0 atom stereocenters. The SMILES string of the molecule is CCCCCCCOc1ccc(OC(=O)CCC(C)C)c(OC(=O)CCC(C)C)c1. The number of hydrogen-bond acceptors (Lipinski definition) is 5. The maximum atomic E-state index is 12.2. The van der Waals surface area contributed by atoms with Crippen molar-refractivity contribution in [3.63, 3.8) is 0 Å². The normalized spacial score (nSPS) is 11.0. The zero-order valence-electron chi connectivity index (χ0n) is 19.5. The van der Waals surface area contributed by atoms with E-state index >= 15 is 0 Å². The van der Waals surface area contributed by atoms with E-state index in [0.717, 1.165) is 25.7 Å². The second-order valence-electron chi connectivity index (χ2n) is 8.68. The molecule has 0 spiro atoms. The predicted molar refractivity (Wildman–Crippen MR) is 120 cm³/mol. The van der Waals surface area contributed by atoms with Gasteiger partial charge < -0.3 is 14.2 Å². The lowest BCUT2D eigenvalue weighted by Crippen LogP contribution is -2.13. The fourth-order valence-electron chi connectivity index (χ4n) is 2.80. The lowest BCUT2D eigenvalue weighted by atomic mass is 10.1. The lowest BCUT2D eigenvalue weighted by molar-refractivity contribution is -0.137. The number of unbranched alkanes of at least 4 members (excludes halogenated alkanes) is 4. The van der Waals surface area contributed by atoms with Gasteiger partial charge in [0.2, 0.25) is 0 Å². The molecule has 1 aromatic rings. The molecule has 0 unspecified atom stereocenters. The van der Waals surface area contributed by atoms with Crippen LogP contribution in [0, 0.1) is 11.8 Å². The van der Waals surface area contributed by atoms with Crippen molar-refractivity contribution in [2.24, 2.45) is 11.8 Å². The Morgan fingerprint density at radius 3 is 1.93 bits per heavy atom. The van der Waals surface area contributed by atoms with E-state index in [1.807, 2.05) is 0 Å². The average Bonchev–Trinajstić information content (AvgIpc) is 2.69. The van der Waals surface area contributed by atoms with Gasteiger partial charge in [0.15, 0.2) is 11.5 Å². The Bertz CT molecular complexity index is 636. The summed E-state index contributed by atoms with van der Waals surface area (Å²) in [7, 11) is 0. The molecule has 0 amide bonds. The van der Waals surface area contributed by atoms with E-state index in [1.54, 1.807) is 18.2 Å². The van der Waals surface area contributed by atoms with Crippen LogP contribution in [0.25, 0.3) is 0 Å². The highest BCUT2D eigenvalue weighted by atomic mass is 16.6. The van der Waals surface area contributed by atoms with Crippen molar-refractivity contribution in [1.82, 2.24) is 0 Å². The summed E-state index contributed by atoms with van der Waals surface area (Å²) in [5, 5.41) is 0. The number of rotatable bonds is 15. The van der Waals surface area contributed by atoms with E-state index in [4.69, 9.17) is 14.2 Å². The summed E-state index contributed by atoms with van der Waals surface area (Å²) < 4.78 is 16.8. The summed E-state index contributed by atoms with van der Waals surface area (Å²) in [4.78, 5) is 24.4. The van der Waals surface area contributed by atoms with Gasteiger partial charge in [0.25, 0.3) is 0 Å². The minimum absolute atomic E-state index is 0.241. The number of carbonyl (C=O) groups excluding carboxylic acids is 2. The zero-order valence-corrected chi connectivity index (χ0v) is 19.5. The zero-order chi connectivity index (χ0) is 22.4. The molecule has 0 aliphatic heterocycles. The standard InChI is InChI=1S/C25H40O5/c1-6-7-8-9-10-17-28-21-13-14-22(29-24(26)15-11-19(2)3)23(18-21)30-25(27)16-12-20(4)5/h13-14,18-20H,6-12,15-17H2,1-5H3. The minimum atomic E-state index is -0.333. The lowest BCUT2D eigenvalue weighted by Gasteiger charge is -2.14. The molecule has 0 aromatic heterocycles. The van der Waals surface area contributed by atoms with Crippen LogP contribution < -0.4 is 14.2 Å². The number of ether oxygens (including phenoxy) is 3. The summed E-state index contributed by atoms with van der Waals surface area (Å²) in [5.74, 6) is 1.28. The first kappa shape index (κ1) is 26.0. The number of carbonyl (C=O) groups is 2. The highest BCUT2D eigenvalue weighted by molar-refractivity contribution is 5.76. The minimum Gasteiger partial charge on any atom is -0.493 e. The van der Waals surface area contributed by atoms with E-state index < -0.39 is 0 Å². The second-order valence-corrected chi connectivity index (χ2v) is 8.68. The monoisotopic (exact) mass is 420 g/mol. The third-order valence-corrected chi connectivity index (χ3v) is 4.73. The van der Waals surface area contributed by atoms with Crippen molar-refractivity contribution in [3.05, 3.63) is 18.2 Å². The summed E-state index contributed by atoms with van der Waals surface area (Å²) in [6.45, 7) is 11.0. The third kappa shape index (κ3) is 11.8. The molecule has 1 aromatic carbocycles. The van der Waals surface area contributed by atoms with Crippen LogP contribution in [-0.2, 0) is 9.59 Å². The first-order valence-electron chi connectivity index (χ1n) is 11.5. The maximum absolute atomic E-state index is 12.2. The van der Waals surface area contributed by atoms with E-state index in [1.165, 1.54) is 19.3 Å². The molecule has 0 fully saturated rings. The number of benzene rings is 1. The molecule has 0 aliphatic carbocycles. The van der Waals surface area contributed by atoms with Gasteiger partial charge in [-0.15, -0.1) is 0 Å². The predicted octanol–water partition coefficient (Wildman–Crippen LogP) is 6.72. The molecule has 0 saturated carbocycles. The highest BCUT2D eigenvalue weighted by Gasteiger charge is 2.16. The van der Waals surface area contributed by atoms with Crippen LogP contribution in [-0.4, -0.2) is 18.5 Å². The maximum Gasteiger partial charge on any atom is 0.311 e. The highest BCUT2D eigenvalue weighted by Crippen LogP contribution is 2.33. The van der Waals surface area contributed by atoms with Crippen molar-refractivity contribution in [2.75, 3.05) is 6.61 Å². The van der Waals surface area contributed by atoms with E-state index in [2.05, 4.69) is 34.6 Å². The van der Waals surface area contributed by atoms with Gasteiger partial charge in [-0.1, -0.05) is 60.3 Å². The summed E-state index contributed by atoms with van der Waals surface area (Å²) in [6, 6.07) is 5.04. The summed E-state index contributed by atoms with van der Waals surface area (Å²) in [5.41, 5.74) is 0. The van der Waals surface area contributed by atoms with Gasteiger partial charge in [0, 0.05) is 18.9 Å². The Kier molecular flexibility index (Phi) is 12.9. The molecular formula is C25H40O5. The topological polar surface area (TPSA) is 61.8 Å². The number of esters is 2. The first-order valence-corrected chi connectivity index (χ1v) is 11.5. The van der Waals surface area contributed by atoms with Crippen LogP contribution in [0.5, 0.6) is 17.2 Å². The quantitative estimate of drug-likeness (QED) is 0.179. The van der Waals surface area contributed by atoms with Crippen LogP contribution in [0.2, 0.25) is 0 Å². The first-order chi connectivity index (χ1) is 14.3. The Morgan fingerprint density at radius 2 is 1.37 bits per heavy atom. The molecule has 0 radical (unpaired) electrons. The van der Waals surface area contributed by atoms with Crippen LogP contribution >= 0.6 is 0 Å². The Hall–Kier alpha value is -2.04. The van der Waals surface area contributed by atoms with Crippen molar-refractivity contribution in [3.8, 4) is 17.2 Å². The fraction of sp³-hybridized carbons (Fsp3) is 0.680. The Labute approximate surface area is 182 Å². The van der Waals surface area contributed by atoms with Gasteiger partial charge in [-0.3, -0.25) is 9.59 Å². The van der Waals surface area contributed by atoms with Gasteiger partial charge >= 0.3 is 11.9 Å². The Morgan fingerprint density at radius 1 is 0.800 bits per heavy atom. The average molecular weight is 421 g/mol. The van der Waals surface area contributed by atoms with Crippen molar-refractivity contribution < 1.29 is 23.8 Å². The summed E-state index contributed by atoms with van der Waals surface area (Å²) >= 11 is 0. The second kappa shape index (κ2) is 14.9. The van der Waals surface area contributed by atoms with E-state index in [-0.39, 0.29) is 23.4 Å². The third-order valence-electron chi connectivity index (χ3n) is 4.73. The molecular weight excluding hydrogens is 380 g/mol. The molecule has 0 bridgehead atoms. The molecule has 5 nitrogen and oxygen atoms in total. The van der Waals surface area contributed by atoms with Crippen LogP contribution in [0.1, 0.15) is 92.4 Å². The molecule has 0 heterocycles. The molecule has 0 aliphatic rings. The van der Waals surface area contributed by atoms with Gasteiger partial charge in [-0.05, 0) is 43.2 Å². The fourth-order valence-corrected chi connectivity index (χ4v) is 2.80. The molecule has 30 heavy (non-hydrogen) atoms. The van der Waals surface area contributed by atoms with Crippen LogP contribution in [0.4, 0.5) is 0 Å². The van der Waals surface area contributed by atoms with E-state index in [9.17, 15) is 9.59 Å². The molecule has 0 saturated heterocycles. The van der Waals surface area contributed by atoms with Gasteiger partial charge in [0.05, 0.1) is 6.61 Å².